The molecule has 5 rings (SSSR count). The van der Waals surface area contributed by atoms with Gasteiger partial charge >= 0.3 is 11.9 Å². The molecule has 7 atom stereocenters. The second-order valence-corrected chi connectivity index (χ2v) is 10.4. The highest BCUT2D eigenvalue weighted by atomic mass is 16.5. The fraction of sp³-hybridized carbons (Fsp3) is 0.750. The van der Waals surface area contributed by atoms with Crippen molar-refractivity contribution in [3.63, 3.8) is 0 Å². The highest BCUT2D eigenvalue weighted by Crippen LogP contribution is 2.68. The number of carbonyl (C=O) groups excluding carboxylic acids is 2. The van der Waals surface area contributed by atoms with Crippen LogP contribution in [0.15, 0.2) is 23.3 Å². The first-order valence-corrected chi connectivity index (χ1v) is 11.3. The summed E-state index contributed by atoms with van der Waals surface area (Å²) in [7, 11) is 1.41. The molecule has 0 amide bonds. The monoisotopic (exact) mass is 416 g/mol. The summed E-state index contributed by atoms with van der Waals surface area (Å²) in [4.78, 5) is 24.9. The zero-order valence-corrected chi connectivity index (χ0v) is 17.9. The Hall–Kier alpha value is -1.66. The molecular weight excluding hydrogens is 384 g/mol. The molecular formula is C24H32O6. The summed E-state index contributed by atoms with van der Waals surface area (Å²) in [5, 5.41) is 21.9. The van der Waals surface area contributed by atoms with Crippen LogP contribution in [0.25, 0.3) is 0 Å². The van der Waals surface area contributed by atoms with E-state index in [1.54, 1.807) is 6.08 Å². The summed E-state index contributed by atoms with van der Waals surface area (Å²) < 4.78 is 10.5. The van der Waals surface area contributed by atoms with Crippen molar-refractivity contribution >= 4 is 11.9 Å². The van der Waals surface area contributed by atoms with Crippen molar-refractivity contribution in [3.8, 4) is 0 Å². The van der Waals surface area contributed by atoms with Crippen molar-refractivity contribution < 1.29 is 29.3 Å². The SMILES string of the molecule is COC(=O)C12CCC(O)CC1(O)CCC1C3=CCC(C4=CC(=O)OC4)C3(C)CCC12. The van der Waals surface area contributed by atoms with Gasteiger partial charge in [-0.1, -0.05) is 18.6 Å². The minimum absolute atomic E-state index is 0.0183. The maximum absolute atomic E-state index is 13.2. The van der Waals surface area contributed by atoms with Gasteiger partial charge in [-0.2, -0.15) is 0 Å². The molecule has 6 heteroatoms. The molecule has 6 nitrogen and oxygen atoms in total. The van der Waals surface area contributed by atoms with Crippen molar-refractivity contribution in [1.82, 2.24) is 0 Å². The van der Waals surface area contributed by atoms with Crippen molar-refractivity contribution in [1.29, 1.82) is 0 Å². The lowest BCUT2D eigenvalue weighted by Gasteiger charge is -2.62. The lowest BCUT2D eigenvalue weighted by atomic mass is 9.43. The van der Waals surface area contributed by atoms with Crippen LogP contribution in [-0.2, 0) is 19.1 Å². The Balaban J connectivity index is 1.51. The number of esters is 2. The van der Waals surface area contributed by atoms with Gasteiger partial charge in [-0.05, 0) is 73.7 Å². The van der Waals surface area contributed by atoms with E-state index in [1.807, 2.05) is 0 Å². The number of fused-ring (bicyclic) bond motifs is 5. The summed E-state index contributed by atoms with van der Waals surface area (Å²) in [5.41, 5.74) is 0.278. The van der Waals surface area contributed by atoms with E-state index in [1.165, 1.54) is 12.7 Å². The van der Waals surface area contributed by atoms with Crippen LogP contribution in [0.3, 0.4) is 0 Å². The minimum Gasteiger partial charge on any atom is -0.468 e. The van der Waals surface area contributed by atoms with Crippen LogP contribution in [0, 0.1) is 28.6 Å². The molecule has 3 saturated carbocycles. The number of hydrogen-bond donors (Lipinski definition) is 2. The van der Waals surface area contributed by atoms with Crippen LogP contribution < -0.4 is 0 Å². The van der Waals surface area contributed by atoms with E-state index in [0.717, 1.165) is 31.3 Å². The van der Waals surface area contributed by atoms with Crippen LogP contribution in [-0.4, -0.2) is 47.6 Å². The van der Waals surface area contributed by atoms with E-state index in [0.29, 0.717) is 25.9 Å². The first-order valence-electron chi connectivity index (χ1n) is 11.3. The summed E-state index contributed by atoms with van der Waals surface area (Å²) in [6.45, 7) is 2.69. The van der Waals surface area contributed by atoms with Gasteiger partial charge in [-0.15, -0.1) is 0 Å². The predicted octanol–water partition coefficient (Wildman–Crippen LogP) is 2.68. The molecule has 0 bridgehead atoms. The normalized spacial score (nSPS) is 47.4. The smallest absolute Gasteiger partial charge is 0.331 e. The van der Waals surface area contributed by atoms with E-state index in [2.05, 4.69) is 13.0 Å². The molecule has 1 heterocycles. The number of allylic oxidation sites excluding steroid dienone is 2. The molecule has 0 radical (unpaired) electrons. The molecule has 0 saturated heterocycles. The zero-order chi connectivity index (χ0) is 21.3. The first kappa shape index (κ1) is 20.3. The maximum atomic E-state index is 13.2. The first-order chi connectivity index (χ1) is 14.2. The Morgan fingerprint density at radius 3 is 2.73 bits per heavy atom. The van der Waals surface area contributed by atoms with Gasteiger partial charge in [-0.25, -0.2) is 4.79 Å². The third-order valence-corrected chi connectivity index (χ3v) is 9.32. The van der Waals surface area contributed by atoms with Crippen LogP contribution >= 0.6 is 0 Å². The highest BCUT2D eigenvalue weighted by molar-refractivity contribution is 5.85. The summed E-state index contributed by atoms with van der Waals surface area (Å²) >= 11 is 0. The maximum Gasteiger partial charge on any atom is 0.331 e. The molecule has 30 heavy (non-hydrogen) atoms. The van der Waals surface area contributed by atoms with E-state index in [4.69, 9.17) is 9.47 Å². The Morgan fingerprint density at radius 1 is 1.23 bits per heavy atom. The Bertz CT molecular complexity index is 845. The number of cyclic esters (lactones) is 1. The largest absolute Gasteiger partial charge is 0.468 e. The van der Waals surface area contributed by atoms with Gasteiger partial charge in [-0.3, -0.25) is 4.79 Å². The van der Waals surface area contributed by atoms with Crippen molar-refractivity contribution in [3.05, 3.63) is 23.3 Å². The van der Waals surface area contributed by atoms with Gasteiger partial charge in [0.2, 0.25) is 0 Å². The fourth-order valence-electron chi connectivity index (χ4n) is 7.98. The zero-order valence-electron chi connectivity index (χ0n) is 17.9. The van der Waals surface area contributed by atoms with E-state index in [-0.39, 0.29) is 41.5 Å². The lowest BCUT2D eigenvalue weighted by molar-refractivity contribution is -0.225. The van der Waals surface area contributed by atoms with Crippen molar-refractivity contribution in [2.45, 2.75) is 70.0 Å². The van der Waals surface area contributed by atoms with E-state index < -0.39 is 17.1 Å². The third-order valence-electron chi connectivity index (χ3n) is 9.32. The van der Waals surface area contributed by atoms with Gasteiger partial charge in [0.25, 0.3) is 0 Å². The van der Waals surface area contributed by atoms with Crippen molar-refractivity contribution in [2.75, 3.05) is 13.7 Å². The molecule has 0 aromatic carbocycles. The molecule has 164 valence electrons. The Kier molecular flexibility index (Phi) is 4.50. The van der Waals surface area contributed by atoms with Crippen LogP contribution in [0.1, 0.15) is 58.3 Å². The molecule has 0 spiro atoms. The molecule has 2 N–H and O–H groups in total. The predicted molar refractivity (Wildman–Crippen MR) is 108 cm³/mol. The molecule has 0 aromatic rings. The van der Waals surface area contributed by atoms with Gasteiger partial charge in [0.05, 0.1) is 18.8 Å². The van der Waals surface area contributed by atoms with E-state index >= 15 is 0 Å². The summed E-state index contributed by atoms with van der Waals surface area (Å²) in [6.07, 6.45) is 8.62. The molecule has 0 aromatic heterocycles. The topological polar surface area (TPSA) is 93.1 Å². The molecule has 4 aliphatic carbocycles. The Morgan fingerprint density at radius 2 is 2.03 bits per heavy atom. The lowest BCUT2D eigenvalue weighted by Crippen LogP contribution is -2.66. The molecule has 5 aliphatic rings. The van der Waals surface area contributed by atoms with Gasteiger partial charge in [0, 0.05) is 12.5 Å². The average molecular weight is 417 g/mol. The molecule has 7 unspecified atom stereocenters. The number of aliphatic hydroxyl groups is 2. The standard InChI is InChI=1S/C24H32O6/c1-22-8-7-19-16(18(22)4-3-17(22)14-11-20(26)30-13-14)6-9-23(28)12-15(25)5-10-24(19,23)21(27)29-2/h4,11,15-17,19,25,28H,3,5-10,12-13H2,1-2H3. The van der Waals surface area contributed by atoms with Gasteiger partial charge < -0.3 is 19.7 Å². The molecule has 1 aliphatic heterocycles. The quantitative estimate of drug-likeness (QED) is 0.531. The number of carbonyl (C=O) groups is 2. The number of methoxy groups -OCH3 is 1. The second-order valence-electron chi connectivity index (χ2n) is 10.4. The minimum atomic E-state index is -1.21. The van der Waals surface area contributed by atoms with Gasteiger partial charge in [0.15, 0.2) is 0 Å². The van der Waals surface area contributed by atoms with Crippen LogP contribution in [0.2, 0.25) is 0 Å². The Labute approximate surface area is 177 Å². The summed E-state index contributed by atoms with van der Waals surface area (Å²) in [6, 6.07) is 0. The number of hydrogen-bond acceptors (Lipinski definition) is 6. The second kappa shape index (κ2) is 6.67. The average Bonchev–Trinajstić information content (AvgIpc) is 3.29. The van der Waals surface area contributed by atoms with E-state index in [9.17, 15) is 19.8 Å². The third kappa shape index (κ3) is 2.49. The van der Waals surface area contributed by atoms with Crippen LogP contribution in [0.4, 0.5) is 0 Å². The number of aliphatic hydroxyl groups excluding tert-OH is 1. The number of ether oxygens (including phenoxy) is 2. The number of rotatable bonds is 2. The van der Waals surface area contributed by atoms with Crippen LogP contribution in [0.5, 0.6) is 0 Å². The van der Waals surface area contributed by atoms with Gasteiger partial charge in [0.1, 0.15) is 12.0 Å². The van der Waals surface area contributed by atoms with Crippen molar-refractivity contribution in [2.24, 2.45) is 28.6 Å². The fourth-order valence-corrected chi connectivity index (χ4v) is 7.98. The highest BCUT2D eigenvalue weighted by Gasteiger charge is 2.68. The molecule has 3 fully saturated rings. The summed E-state index contributed by atoms with van der Waals surface area (Å²) in [5.74, 6) is -0.0543.